The lowest BCUT2D eigenvalue weighted by Gasteiger charge is -2.35. The third-order valence-corrected chi connectivity index (χ3v) is 2.10. The van der Waals surface area contributed by atoms with Crippen LogP contribution >= 0.6 is 0 Å². The average Bonchev–Trinajstić information content (AvgIpc) is 1.98. The Bertz CT molecular complexity index is 148. The van der Waals surface area contributed by atoms with Crippen LogP contribution in [0.15, 0.2) is 0 Å². The van der Waals surface area contributed by atoms with Crippen LogP contribution in [0.25, 0.3) is 0 Å². The predicted molar refractivity (Wildman–Crippen MR) is 47.2 cm³/mol. The molecule has 0 aromatic carbocycles. The minimum absolute atomic E-state index is 0.0691. The molecule has 1 rings (SSSR count). The van der Waals surface area contributed by atoms with Crippen LogP contribution in [0.2, 0.25) is 0 Å². The molecule has 1 fully saturated rings. The summed E-state index contributed by atoms with van der Waals surface area (Å²) in [6.07, 6.45) is -1.90. The van der Waals surface area contributed by atoms with Gasteiger partial charge < -0.3 is 19.7 Å². The maximum absolute atomic E-state index is 9.42. The van der Waals surface area contributed by atoms with Gasteiger partial charge in [-0.15, -0.1) is 0 Å². The molecule has 1 heterocycles. The minimum atomic E-state index is -0.799. The van der Waals surface area contributed by atoms with Crippen molar-refractivity contribution >= 4 is 0 Å². The first-order valence-corrected chi connectivity index (χ1v) is 4.67. The highest BCUT2D eigenvalue weighted by Crippen LogP contribution is 2.21. The first-order valence-electron chi connectivity index (χ1n) is 4.67. The monoisotopic (exact) mass is 190 g/mol. The van der Waals surface area contributed by atoms with Gasteiger partial charge in [0, 0.05) is 6.42 Å². The molecule has 0 bridgehead atoms. The fourth-order valence-corrected chi connectivity index (χ4v) is 1.42. The van der Waals surface area contributed by atoms with Crippen LogP contribution in [0.5, 0.6) is 0 Å². The summed E-state index contributed by atoms with van der Waals surface area (Å²) in [6.45, 7) is 5.54. The van der Waals surface area contributed by atoms with Gasteiger partial charge in [-0.3, -0.25) is 0 Å². The van der Waals surface area contributed by atoms with Crippen molar-refractivity contribution in [1.29, 1.82) is 0 Å². The fraction of sp³-hybridized carbons (Fsp3) is 1.00. The molecule has 0 spiro atoms. The Morgan fingerprint density at radius 3 is 2.46 bits per heavy atom. The Morgan fingerprint density at radius 2 is 2.00 bits per heavy atom. The van der Waals surface area contributed by atoms with Gasteiger partial charge in [-0.05, 0) is 20.8 Å². The predicted octanol–water partition coefficient (Wildman–Crippen LogP) is 0.268. The normalized spacial score (nSPS) is 41.1. The van der Waals surface area contributed by atoms with E-state index < -0.39 is 18.5 Å². The van der Waals surface area contributed by atoms with Crippen LogP contribution in [-0.4, -0.2) is 40.9 Å². The molecule has 0 radical (unpaired) electrons. The molecule has 1 aliphatic rings. The molecular weight excluding hydrogens is 172 g/mol. The van der Waals surface area contributed by atoms with Gasteiger partial charge in [0.1, 0.15) is 6.10 Å². The van der Waals surface area contributed by atoms with Crippen molar-refractivity contribution in [2.45, 2.75) is 57.9 Å². The lowest BCUT2D eigenvalue weighted by atomic mass is 10.0. The van der Waals surface area contributed by atoms with Crippen LogP contribution in [-0.2, 0) is 9.47 Å². The van der Waals surface area contributed by atoms with Gasteiger partial charge in [0.15, 0.2) is 6.29 Å². The molecule has 1 aliphatic heterocycles. The van der Waals surface area contributed by atoms with Crippen LogP contribution in [0.4, 0.5) is 0 Å². The molecule has 0 aromatic heterocycles. The molecule has 2 N–H and O–H groups in total. The third-order valence-electron chi connectivity index (χ3n) is 2.10. The maximum atomic E-state index is 9.42. The van der Waals surface area contributed by atoms with Crippen molar-refractivity contribution < 1.29 is 19.7 Å². The van der Waals surface area contributed by atoms with Crippen molar-refractivity contribution in [3.63, 3.8) is 0 Å². The van der Waals surface area contributed by atoms with Gasteiger partial charge in [-0.1, -0.05) is 0 Å². The molecule has 4 nitrogen and oxygen atoms in total. The van der Waals surface area contributed by atoms with E-state index in [9.17, 15) is 10.2 Å². The largest absolute Gasteiger partial charge is 0.390 e. The molecule has 0 aromatic rings. The highest BCUT2D eigenvalue weighted by molar-refractivity contribution is 4.79. The number of aliphatic hydroxyl groups is 2. The average molecular weight is 190 g/mol. The van der Waals surface area contributed by atoms with Crippen molar-refractivity contribution in [3.8, 4) is 0 Å². The van der Waals surface area contributed by atoms with E-state index in [1.54, 1.807) is 6.92 Å². The second-order valence-electron chi connectivity index (χ2n) is 3.75. The van der Waals surface area contributed by atoms with Crippen molar-refractivity contribution in [3.05, 3.63) is 0 Å². The van der Waals surface area contributed by atoms with E-state index in [-0.39, 0.29) is 12.2 Å². The van der Waals surface area contributed by atoms with E-state index in [0.717, 1.165) is 0 Å². The summed E-state index contributed by atoms with van der Waals surface area (Å²) in [5.74, 6) is 0. The van der Waals surface area contributed by atoms with Gasteiger partial charge in [0.25, 0.3) is 0 Å². The second-order valence-corrected chi connectivity index (χ2v) is 3.75. The summed E-state index contributed by atoms with van der Waals surface area (Å²) in [6, 6.07) is 0. The van der Waals surface area contributed by atoms with Crippen molar-refractivity contribution in [1.82, 2.24) is 0 Å². The van der Waals surface area contributed by atoms with Gasteiger partial charge in [0.05, 0.1) is 18.3 Å². The first-order chi connectivity index (χ1) is 6.00. The summed E-state index contributed by atoms with van der Waals surface area (Å²) in [4.78, 5) is 0. The zero-order valence-corrected chi connectivity index (χ0v) is 8.30. The Kier molecular flexibility index (Phi) is 3.67. The quantitative estimate of drug-likeness (QED) is 0.656. The Morgan fingerprint density at radius 1 is 1.38 bits per heavy atom. The van der Waals surface area contributed by atoms with Gasteiger partial charge in [-0.25, -0.2) is 0 Å². The Labute approximate surface area is 78.5 Å². The lowest BCUT2D eigenvalue weighted by Crippen LogP contribution is -2.48. The summed E-state index contributed by atoms with van der Waals surface area (Å²) in [7, 11) is 0. The zero-order valence-electron chi connectivity index (χ0n) is 8.30. The van der Waals surface area contributed by atoms with Crippen LogP contribution < -0.4 is 0 Å². The van der Waals surface area contributed by atoms with E-state index in [0.29, 0.717) is 6.42 Å². The third kappa shape index (κ3) is 2.91. The maximum Gasteiger partial charge on any atom is 0.160 e. The molecule has 78 valence electrons. The topological polar surface area (TPSA) is 58.9 Å². The lowest BCUT2D eigenvalue weighted by molar-refractivity contribution is -0.255. The number of hydrogen-bond acceptors (Lipinski definition) is 4. The van der Waals surface area contributed by atoms with E-state index >= 15 is 0 Å². The SMILES string of the molecule is CC(C)OC1CC(O)C(O)C(C)O1. The highest BCUT2D eigenvalue weighted by atomic mass is 16.7. The van der Waals surface area contributed by atoms with Crippen molar-refractivity contribution in [2.75, 3.05) is 0 Å². The van der Waals surface area contributed by atoms with E-state index in [4.69, 9.17) is 9.47 Å². The molecule has 0 amide bonds. The Hall–Kier alpha value is -0.160. The molecule has 4 atom stereocenters. The minimum Gasteiger partial charge on any atom is -0.390 e. The van der Waals surface area contributed by atoms with Gasteiger partial charge in [-0.2, -0.15) is 0 Å². The summed E-state index contributed by atoms with van der Waals surface area (Å²) < 4.78 is 10.7. The van der Waals surface area contributed by atoms with Crippen LogP contribution in [0.3, 0.4) is 0 Å². The number of hydrogen-bond donors (Lipinski definition) is 2. The number of aliphatic hydroxyl groups excluding tert-OH is 2. The molecule has 13 heavy (non-hydrogen) atoms. The smallest absolute Gasteiger partial charge is 0.160 e. The van der Waals surface area contributed by atoms with E-state index in [1.807, 2.05) is 13.8 Å². The number of ether oxygens (including phenoxy) is 2. The molecular formula is C9H18O4. The second kappa shape index (κ2) is 4.37. The van der Waals surface area contributed by atoms with Crippen LogP contribution in [0.1, 0.15) is 27.2 Å². The summed E-state index contributed by atoms with van der Waals surface area (Å²) in [5.41, 5.74) is 0. The first kappa shape index (κ1) is 10.9. The fourth-order valence-electron chi connectivity index (χ4n) is 1.42. The zero-order chi connectivity index (χ0) is 10.0. The molecule has 0 aliphatic carbocycles. The van der Waals surface area contributed by atoms with Crippen LogP contribution in [0, 0.1) is 0 Å². The molecule has 0 saturated carbocycles. The summed E-state index contributed by atoms with van der Waals surface area (Å²) >= 11 is 0. The van der Waals surface area contributed by atoms with Crippen molar-refractivity contribution in [2.24, 2.45) is 0 Å². The molecule has 4 heteroatoms. The highest BCUT2D eigenvalue weighted by Gasteiger charge is 2.34. The number of rotatable bonds is 2. The Balaban J connectivity index is 2.44. The van der Waals surface area contributed by atoms with E-state index in [1.165, 1.54) is 0 Å². The molecule has 4 unspecified atom stereocenters. The molecule has 1 saturated heterocycles. The van der Waals surface area contributed by atoms with E-state index in [2.05, 4.69) is 0 Å². The van der Waals surface area contributed by atoms with Gasteiger partial charge in [0.2, 0.25) is 0 Å². The van der Waals surface area contributed by atoms with Gasteiger partial charge >= 0.3 is 0 Å². The summed E-state index contributed by atoms with van der Waals surface area (Å²) in [5, 5.41) is 18.8. The standard InChI is InChI=1S/C9H18O4/c1-5(2)12-8-4-7(10)9(11)6(3)13-8/h5-11H,4H2,1-3H3.